The van der Waals surface area contributed by atoms with E-state index in [4.69, 9.17) is 10.5 Å². The molecule has 0 heterocycles. The predicted molar refractivity (Wildman–Crippen MR) is 46.8 cm³/mol. The first-order chi connectivity index (χ1) is 3.72. The highest BCUT2D eigenvalue weighted by Crippen LogP contribution is 2.12. The Morgan fingerprint density at radius 3 is 1.38 bits per heavy atom. The van der Waals surface area contributed by atoms with Crippen molar-refractivity contribution in [3.63, 3.8) is 0 Å². The van der Waals surface area contributed by atoms with Crippen LogP contribution >= 0.6 is 45.2 Å². The molecule has 0 N–H and O–H groups in total. The van der Waals surface area contributed by atoms with Gasteiger partial charge in [-0.05, 0) is 0 Å². The molecule has 2 unspecified atom stereocenters. The molecule has 0 aliphatic carbocycles. The highest BCUT2D eigenvalue weighted by molar-refractivity contribution is 14.1. The molecule has 0 aromatic rings. The second-order valence-corrected chi connectivity index (χ2v) is 3.75. The molecule has 0 aliphatic rings. The Kier molecular flexibility index (Phi) is 4.57. The smallest absolute Gasteiger partial charge is 0.123 e. The summed E-state index contributed by atoms with van der Waals surface area (Å²) in [5.74, 6) is 0. The van der Waals surface area contributed by atoms with Crippen LogP contribution in [-0.4, -0.2) is 7.85 Å². The fourth-order valence-electron chi connectivity index (χ4n) is 0.131. The zero-order chi connectivity index (χ0) is 6.57. The van der Waals surface area contributed by atoms with Crippen LogP contribution in [0.4, 0.5) is 0 Å². The van der Waals surface area contributed by atoms with Crippen LogP contribution in [0.2, 0.25) is 0 Å². The second-order valence-electron chi connectivity index (χ2n) is 1.06. The first-order valence-electron chi connectivity index (χ1n) is 1.79. The van der Waals surface area contributed by atoms with Crippen molar-refractivity contribution in [3.05, 3.63) is 0 Å². The number of hydrogen-bond donors (Lipinski definition) is 0. The molecule has 0 radical (unpaired) electrons. The molecular formula is C4H2I2N2. The van der Waals surface area contributed by atoms with E-state index < -0.39 is 0 Å². The maximum atomic E-state index is 8.22. The lowest BCUT2D eigenvalue weighted by Crippen LogP contribution is -2.07. The highest BCUT2D eigenvalue weighted by atomic mass is 127. The maximum Gasteiger partial charge on any atom is 0.123 e. The van der Waals surface area contributed by atoms with Crippen molar-refractivity contribution in [2.45, 2.75) is 7.85 Å². The zero-order valence-corrected chi connectivity index (χ0v) is 8.12. The van der Waals surface area contributed by atoms with Crippen molar-refractivity contribution in [2.75, 3.05) is 0 Å². The van der Waals surface area contributed by atoms with Gasteiger partial charge in [-0.3, -0.25) is 0 Å². The molecule has 2 atom stereocenters. The molecule has 0 rings (SSSR count). The Morgan fingerprint density at radius 1 is 1.00 bits per heavy atom. The molecule has 0 aromatic heterocycles. The van der Waals surface area contributed by atoms with Crippen molar-refractivity contribution in [1.29, 1.82) is 10.5 Å². The Morgan fingerprint density at radius 2 is 1.25 bits per heavy atom. The van der Waals surface area contributed by atoms with Crippen LogP contribution < -0.4 is 0 Å². The van der Waals surface area contributed by atoms with E-state index in [1.54, 1.807) is 0 Å². The van der Waals surface area contributed by atoms with Crippen LogP contribution in [0.1, 0.15) is 0 Å². The van der Waals surface area contributed by atoms with E-state index in [0.717, 1.165) is 0 Å². The van der Waals surface area contributed by atoms with Crippen LogP contribution in [0.5, 0.6) is 0 Å². The Balaban J connectivity index is 3.72. The SMILES string of the molecule is N#CC(I)C(I)C#N. The highest BCUT2D eigenvalue weighted by Gasteiger charge is 2.11. The van der Waals surface area contributed by atoms with Crippen LogP contribution in [-0.2, 0) is 0 Å². The molecule has 8 heavy (non-hydrogen) atoms. The summed E-state index contributed by atoms with van der Waals surface area (Å²) in [7, 11) is 0. The Bertz CT molecular complexity index is 125. The summed E-state index contributed by atoms with van der Waals surface area (Å²) in [6.07, 6.45) is 0. The number of nitriles is 2. The van der Waals surface area contributed by atoms with E-state index in [2.05, 4.69) is 0 Å². The van der Waals surface area contributed by atoms with Crippen molar-refractivity contribution >= 4 is 45.2 Å². The summed E-state index contributed by atoms with van der Waals surface area (Å²) in [4.78, 5) is 0. The number of hydrogen-bond acceptors (Lipinski definition) is 2. The fraction of sp³-hybridized carbons (Fsp3) is 0.500. The van der Waals surface area contributed by atoms with E-state index in [-0.39, 0.29) is 7.85 Å². The topological polar surface area (TPSA) is 47.6 Å². The van der Waals surface area contributed by atoms with E-state index in [9.17, 15) is 0 Å². The van der Waals surface area contributed by atoms with Gasteiger partial charge in [0.25, 0.3) is 0 Å². The third-order valence-corrected chi connectivity index (χ3v) is 3.88. The Hall–Kier alpha value is 0.440. The third kappa shape index (κ3) is 2.68. The van der Waals surface area contributed by atoms with Gasteiger partial charge in [0.2, 0.25) is 0 Å². The summed E-state index contributed by atoms with van der Waals surface area (Å²) in [6, 6.07) is 3.94. The largest absolute Gasteiger partial charge is 0.197 e. The molecule has 0 bridgehead atoms. The Labute approximate surface area is 75.1 Å². The average Bonchev–Trinajstić information content (AvgIpc) is 1.84. The van der Waals surface area contributed by atoms with Gasteiger partial charge in [0.15, 0.2) is 0 Å². The van der Waals surface area contributed by atoms with Crippen molar-refractivity contribution < 1.29 is 0 Å². The van der Waals surface area contributed by atoms with Gasteiger partial charge in [-0.15, -0.1) is 0 Å². The average molecular weight is 332 g/mol. The summed E-state index contributed by atoms with van der Waals surface area (Å²) in [5, 5.41) is 16.4. The second kappa shape index (κ2) is 4.33. The predicted octanol–water partition coefficient (Wildman–Crippen LogP) is 1.64. The van der Waals surface area contributed by atoms with Crippen LogP contribution in [0, 0.1) is 22.7 Å². The number of rotatable bonds is 1. The molecule has 0 saturated carbocycles. The summed E-state index contributed by atoms with van der Waals surface area (Å²) >= 11 is 3.88. The van der Waals surface area contributed by atoms with E-state index in [0.29, 0.717) is 0 Å². The van der Waals surface area contributed by atoms with Gasteiger partial charge in [0.05, 0.1) is 12.1 Å². The molecule has 0 saturated heterocycles. The van der Waals surface area contributed by atoms with Gasteiger partial charge in [-0.2, -0.15) is 10.5 Å². The molecule has 2 nitrogen and oxygen atoms in total. The molecule has 0 aliphatic heterocycles. The lowest BCUT2D eigenvalue weighted by Gasteiger charge is -1.95. The first kappa shape index (κ1) is 8.44. The molecule has 42 valence electrons. The van der Waals surface area contributed by atoms with Crippen molar-refractivity contribution in [2.24, 2.45) is 0 Å². The quantitative estimate of drug-likeness (QED) is 0.542. The lowest BCUT2D eigenvalue weighted by atomic mass is 10.4. The van der Waals surface area contributed by atoms with Gasteiger partial charge in [0.1, 0.15) is 7.85 Å². The summed E-state index contributed by atoms with van der Waals surface area (Å²) in [6.45, 7) is 0. The molecule has 4 heteroatoms. The molecule has 0 aromatic carbocycles. The molecule has 0 fully saturated rings. The van der Waals surface area contributed by atoms with Gasteiger partial charge < -0.3 is 0 Å². The number of halogens is 2. The lowest BCUT2D eigenvalue weighted by molar-refractivity contribution is 1.18. The standard InChI is InChI=1S/C4H2I2N2/c5-3(1-7)4(6)2-8/h3-4H. The van der Waals surface area contributed by atoms with Crippen molar-refractivity contribution in [3.8, 4) is 12.1 Å². The zero-order valence-electron chi connectivity index (χ0n) is 3.81. The van der Waals surface area contributed by atoms with Crippen LogP contribution in [0.3, 0.4) is 0 Å². The van der Waals surface area contributed by atoms with E-state index >= 15 is 0 Å². The minimum atomic E-state index is -0.182. The van der Waals surface area contributed by atoms with Crippen LogP contribution in [0.15, 0.2) is 0 Å². The minimum absolute atomic E-state index is 0.182. The van der Waals surface area contributed by atoms with E-state index in [1.165, 1.54) is 0 Å². The summed E-state index contributed by atoms with van der Waals surface area (Å²) < 4.78 is -0.364. The molecular weight excluding hydrogens is 330 g/mol. The fourth-order valence-corrected chi connectivity index (χ4v) is 0.453. The monoisotopic (exact) mass is 332 g/mol. The number of nitrogens with zero attached hydrogens (tertiary/aromatic N) is 2. The van der Waals surface area contributed by atoms with Gasteiger partial charge in [0, 0.05) is 0 Å². The minimum Gasteiger partial charge on any atom is -0.197 e. The maximum absolute atomic E-state index is 8.22. The third-order valence-electron chi connectivity index (χ3n) is 0.504. The summed E-state index contributed by atoms with van der Waals surface area (Å²) in [5.41, 5.74) is 0. The van der Waals surface area contributed by atoms with Gasteiger partial charge in [-0.1, -0.05) is 45.2 Å². The van der Waals surface area contributed by atoms with Gasteiger partial charge in [-0.25, -0.2) is 0 Å². The first-order valence-corrected chi connectivity index (χ1v) is 4.29. The van der Waals surface area contributed by atoms with Crippen LogP contribution in [0.25, 0.3) is 0 Å². The van der Waals surface area contributed by atoms with Gasteiger partial charge >= 0.3 is 0 Å². The van der Waals surface area contributed by atoms with E-state index in [1.807, 2.05) is 57.3 Å². The number of alkyl halides is 2. The molecule has 0 spiro atoms. The van der Waals surface area contributed by atoms with Crippen molar-refractivity contribution in [1.82, 2.24) is 0 Å². The molecule has 0 amide bonds. The normalized spacial score (nSPS) is 15.5.